The van der Waals surface area contributed by atoms with Crippen LogP contribution in [0.3, 0.4) is 0 Å². The fourth-order valence-corrected chi connectivity index (χ4v) is 3.36. The minimum atomic E-state index is -1.21. The fraction of sp³-hybridized carbons (Fsp3) is 0.263. The van der Waals surface area contributed by atoms with Crippen LogP contribution >= 0.6 is 0 Å². The maximum Gasteiger partial charge on any atom is 0.339 e. The number of benzene rings is 1. The Morgan fingerprint density at radius 1 is 1.22 bits per heavy atom. The molecule has 2 aromatic heterocycles. The van der Waals surface area contributed by atoms with Gasteiger partial charge in [-0.2, -0.15) is 4.98 Å². The van der Waals surface area contributed by atoms with E-state index in [0.29, 0.717) is 40.8 Å². The number of carbonyl (C=O) groups is 1. The molecule has 1 atom stereocenters. The molecule has 0 N–H and O–H groups in total. The number of rotatable bonds is 8. The molecule has 27 heavy (non-hydrogen) atoms. The van der Waals surface area contributed by atoms with Crippen molar-refractivity contribution >= 4 is 16.8 Å². The molecule has 1 unspecified atom stereocenters. The van der Waals surface area contributed by atoms with Crippen molar-refractivity contribution in [1.29, 1.82) is 0 Å². The molecule has 0 spiro atoms. The lowest BCUT2D eigenvalue weighted by molar-refractivity contribution is 0.0494. The third-order valence-corrected chi connectivity index (χ3v) is 5.14. The summed E-state index contributed by atoms with van der Waals surface area (Å²) in [5.41, 5.74) is 1.12. The van der Waals surface area contributed by atoms with Crippen LogP contribution < -0.4 is 0 Å². The van der Waals surface area contributed by atoms with Crippen molar-refractivity contribution in [2.45, 2.75) is 24.7 Å². The molecule has 3 aromatic rings. The lowest BCUT2D eigenvalue weighted by Gasteiger charge is -2.08. The highest BCUT2D eigenvalue weighted by Crippen LogP contribution is 2.16. The normalized spacial score (nSPS) is 11.9. The monoisotopic (exact) mass is 385 g/mol. The minimum absolute atomic E-state index is 0.205. The van der Waals surface area contributed by atoms with Gasteiger partial charge in [0.1, 0.15) is 0 Å². The van der Waals surface area contributed by atoms with E-state index in [9.17, 15) is 9.00 Å². The molecular weight excluding hydrogens is 366 g/mol. The molecule has 0 aliphatic rings. The summed E-state index contributed by atoms with van der Waals surface area (Å²) < 4.78 is 22.6. The summed E-state index contributed by atoms with van der Waals surface area (Å²) in [4.78, 5) is 21.1. The van der Waals surface area contributed by atoms with E-state index in [4.69, 9.17) is 9.26 Å². The van der Waals surface area contributed by atoms with Crippen LogP contribution in [0.5, 0.6) is 0 Å². The first-order valence-electron chi connectivity index (χ1n) is 8.56. The number of pyridine rings is 1. The number of carbonyl (C=O) groups excluding carboxylic acids is 1. The van der Waals surface area contributed by atoms with E-state index in [2.05, 4.69) is 15.1 Å². The van der Waals surface area contributed by atoms with Crippen molar-refractivity contribution in [3.05, 3.63) is 60.2 Å². The van der Waals surface area contributed by atoms with Gasteiger partial charge in [-0.15, -0.1) is 0 Å². The Morgan fingerprint density at radius 3 is 2.85 bits per heavy atom. The zero-order valence-electron chi connectivity index (χ0n) is 14.8. The minimum Gasteiger partial charge on any atom is -0.462 e. The molecule has 0 saturated carbocycles. The van der Waals surface area contributed by atoms with Gasteiger partial charge >= 0.3 is 5.97 Å². The quantitative estimate of drug-likeness (QED) is 0.434. The third kappa shape index (κ3) is 4.85. The Labute approximate surface area is 159 Å². The van der Waals surface area contributed by atoms with Gasteiger partial charge in [0.15, 0.2) is 0 Å². The van der Waals surface area contributed by atoms with Gasteiger partial charge in [-0.25, -0.2) is 4.79 Å². The van der Waals surface area contributed by atoms with Crippen LogP contribution in [0.1, 0.15) is 29.6 Å². The second-order valence-corrected chi connectivity index (χ2v) is 7.33. The molecular formula is C19H19N3O4S. The Kier molecular flexibility index (Phi) is 6.43. The Bertz CT molecular complexity index is 927. The van der Waals surface area contributed by atoms with E-state index in [0.717, 1.165) is 5.56 Å². The molecule has 7 nitrogen and oxygen atoms in total. The van der Waals surface area contributed by atoms with E-state index < -0.39 is 16.8 Å². The molecule has 140 valence electrons. The van der Waals surface area contributed by atoms with Crippen LogP contribution in [0.4, 0.5) is 0 Å². The summed E-state index contributed by atoms with van der Waals surface area (Å²) in [5, 5.41) is 3.92. The Balaban J connectivity index is 1.52. The third-order valence-electron chi connectivity index (χ3n) is 3.77. The van der Waals surface area contributed by atoms with E-state index in [1.807, 2.05) is 13.0 Å². The van der Waals surface area contributed by atoms with E-state index in [-0.39, 0.29) is 6.61 Å². The molecule has 0 amide bonds. The number of ether oxygens (including phenoxy) is 1. The number of hydrogen-bond acceptors (Lipinski definition) is 7. The van der Waals surface area contributed by atoms with Crippen molar-refractivity contribution in [2.24, 2.45) is 0 Å². The smallest absolute Gasteiger partial charge is 0.339 e. The largest absolute Gasteiger partial charge is 0.462 e. The molecule has 2 heterocycles. The Morgan fingerprint density at radius 2 is 2.07 bits per heavy atom. The first-order chi connectivity index (χ1) is 13.2. The van der Waals surface area contributed by atoms with Gasteiger partial charge in [-0.1, -0.05) is 24.2 Å². The zero-order chi connectivity index (χ0) is 19.1. The van der Waals surface area contributed by atoms with Crippen molar-refractivity contribution < 1.29 is 18.3 Å². The van der Waals surface area contributed by atoms with Gasteiger partial charge in [-0.05, 0) is 30.7 Å². The summed E-state index contributed by atoms with van der Waals surface area (Å²) in [7, 11) is -1.21. The molecule has 3 rings (SSSR count). The molecule has 0 aliphatic heterocycles. The standard InChI is InChI=1S/C19H19N3O4S/c1-2-27(24)16-9-4-3-8-15(16)19(23)25-12-6-10-17-21-18(22-26-17)14-7-5-11-20-13-14/h3-5,7-9,11,13H,2,6,10,12H2,1H3. The zero-order valence-corrected chi connectivity index (χ0v) is 15.6. The van der Waals surface area contributed by atoms with Crippen LogP contribution in [-0.2, 0) is 22.0 Å². The number of hydrogen-bond donors (Lipinski definition) is 0. The maximum absolute atomic E-state index is 12.3. The van der Waals surface area contributed by atoms with Crippen LogP contribution in [0.2, 0.25) is 0 Å². The lowest BCUT2D eigenvalue weighted by Crippen LogP contribution is -2.11. The first kappa shape index (κ1) is 18.9. The number of esters is 1. The Hall–Kier alpha value is -2.87. The summed E-state index contributed by atoms with van der Waals surface area (Å²) in [5.74, 6) is 0.915. The van der Waals surface area contributed by atoms with Crippen LogP contribution in [0.25, 0.3) is 11.4 Å². The lowest BCUT2D eigenvalue weighted by atomic mass is 10.2. The van der Waals surface area contributed by atoms with Gasteiger partial charge in [0, 0.05) is 30.1 Å². The van der Waals surface area contributed by atoms with Gasteiger partial charge < -0.3 is 9.26 Å². The second kappa shape index (κ2) is 9.18. The fourth-order valence-electron chi connectivity index (χ4n) is 2.42. The van der Waals surface area contributed by atoms with Crippen molar-refractivity contribution in [1.82, 2.24) is 15.1 Å². The molecule has 0 bridgehead atoms. The van der Waals surface area contributed by atoms with E-state index in [1.165, 1.54) is 0 Å². The maximum atomic E-state index is 12.3. The molecule has 1 aromatic carbocycles. The van der Waals surface area contributed by atoms with Crippen molar-refractivity contribution in [3.63, 3.8) is 0 Å². The van der Waals surface area contributed by atoms with Gasteiger partial charge in [0.05, 0.1) is 27.9 Å². The molecule has 8 heteroatoms. The predicted molar refractivity (Wildman–Crippen MR) is 99.5 cm³/mol. The summed E-state index contributed by atoms with van der Waals surface area (Å²) in [6, 6.07) is 10.5. The van der Waals surface area contributed by atoms with E-state index >= 15 is 0 Å². The van der Waals surface area contributed by atoms with Crippen LogP contribution in [0.15, 0.2) is 58.2 Å². The van der Waals surface area contributed by atoms with Crippen LogP contribution in [-0.4, -0.2) is 37.7 Å². The van der Waals surface area contributed by atoms with Crippen molar-refractivity contribution in [2.75, 3.05) is 12.4 Å². The number of aryl methyl sites for hydroxylation is 1. The van der Waals surface area contributed by atoms with Crippen molar-refractivity contribution in [3.8, 4) is 11.4 Å². The summed E-state index contributed by atoms with van der Waals surface area (Å²) >= 11 is 0. The number of nitrogens with zero attached hydrogens (tertiary/aromatic N) is 3. The molecule has 0 radical (unpaired) electrons. The van der Waals surface area contributed by atoms with E-state index in [1.54, 1.807) is 42.7 Å². The van der Waals surface area contributed by atoms with Gasteiger partial charge in [0.25, 0.3) is 0 Å². The SMILES string of the molecule is CCS(=O)c1ccccc1C(=O)OCCCc1nc(-c2cccnc2)no1. The summed E-state index contributed by atoms with van der Waals surface area (Å²) in [6.07, 6.45) is 4.36. The average molecular weight is 385 g/mol. The van der Waals surface area contributed by atoms with Gasteiger partial charge in [-0.3, -0.25) is 9.19 Å². The summed E-state index contributed by atoms with van der Waals surface area (Å²) in [6.45, 7) is 2.01. The molecule has 0 aliphatic carbocycles. The topological polar surface area (TPSA) is 95.2 Å². The average Bonchev–Trinajstić information content (AvgIpc) is 3.20. The highest BCUT2D eigenvalue weighted by Gasteiger charge is 2.16. The van der Waals surface area contributed by atoms with Gasteiger partial charge in [0.2, 0.25) is 11.7 Å². The second-order valence-electron chi connectivity index (χ2n) is 5.62. The van der Waals surface area contributed by atoms with Crippen LogP contribution in [0, 0.1) is 0 Å². The number of aromatic nitrogens is 3. The highest BCUT2D eigenvalue weighted by molar-refractivity contribution is 7.85. The first-order valence-corrected chi connectivity index (χ1v) is 9.88. The predicted octanol–water partition coefficient (Wildman–Crippen LogP) is 3.05. The molecule has 0 fully saturated rings. The highest BCUT2D eigenvalue weighted by atomic mass is 32.2. The molecule has 0 saturated heterocycles.